The summed E-state index contributed by atoms with van der Waals surface area (Å²) < 4.78 is 5.82. The van der Waals surface area contributed by atoms with Crippen molar-refractivity contribution in [2.24, 2.45) is 0 Å². The van der Waals surface area contributed by atoms with Gasteiger partial charge in [-0.25, -0.2) is 4.98 Å². The zero-order valence-corrected chi connectivity index (χ0v) is 19.6. The Kier molecular flexibility index (Phi) is 8.67. The second-order valence-corrected chi connectivity index (χ2v) is 8.84. The first-order valence-corrected chi connectivity index (χ1v) is 12.3. The molecular weight excluding hydrogens is 432 g/mol. The van der Waals surface area contributed by atoms with Crippen molar-refractivity contribution in [3.63, 3.8) is 0 Å². The molecule has 1 fully saturated rings. The maximum atomic E-state index is 11.1. The van der Waals surface area contributed by atoms with Gasteiger partial charge in [-0.05, 0) is 49.9 Å². The molecule has 9 nitrogen and oxygen atoms in total. The summed E-state index contributed by atoms with van der Waals surface area (Å²) >= 11 is 0. The number of nitrogens with zero attached hydrogens (tertiary/aromatic N) is 3. The molecule has 0 radical (unpaired) electrons. The minimum Gasteiger partial charge on any atom is -0.494 e. The van der Waals surface area contributed by atoms with Gasteiger partial charge in [-0.3, -0.25) is 4.79 Å². The van der Waals surface area contributed by atoms with Crippen LogP contribution in [0.2, 0.25) is 0 Å². The van der Waals surface area contributed by atoms with Gasteiger partial charge in [0, 0.05) is 18.2 Å². The molecule has 1 aliphatic carbocycles. The number of unbranched alkanes of at least 4 members (excludes halogenated alkanes) is 3. The number of ether oxygens (including phenoxy) is 1. The lowest BCUT2D eigenvalue weighted by atomic mass is 9.95. The summed E-state index contributed by atoms with van der Waals surface area (Å²) in [6, 6.07) is 8.18. The Morgan fingerprint density at radius 1 is 1.06 bits per heavy atom. The van der Waals surface area contributed by atoms with Gasteiger partial charge in [-0.1, -0.05) is 32.1 Å². The summed E-state index contributed by atoms with van der Waals surface area (Å²) in [5.41, 5.74) is 2.34. The zero-order valence-electron chi connectivity index (χ0n) is 19.6. The number of aromatic amines is 1. The molecule has 2 aromatic heterocycles. The molecule has 0 bridgehead atoms. The highest BCUT2D eigenvalue weighted by molar-refractivity contribution is 5.84. The van der Waals surface area contributed by atoms with Gasteiger partial charge in [-0.15, -0.1) is 0 Å². The molecule has 0 spiro atoms. The summed E-state index contributed by atoms with van der Waals surface area (Å²) in [4.78, 5) is 27.8. The fraction of sp³-hybridized carbons (Fsp3) is 0.520. The number of aromatic nitrogens is 4. The lowest BCUT2D eigenvalue weighted by Gasteiger charge is -2.23. The summed E-state index contributed by atoms with van der Waals surface area (Å²) in [6.07, 6.45) is 12.0. The molecule has 0 amide bonds. The minimum atomic E-state index is -0.351. The van der Waals surface area contributed by atoms with Gasteiger partial charge in [0.05, 0.1) is 12.9 Å². The van der Waals surface area contributed by atoms with Crippen molar-refractivity contribution in [3.05, 3.63) is 30.6 Å². The van der Waals surface area contributed by atoms with Gasteiger partial charge in [0.15, 0.2) is 17.2 Å². The van der Waals surface area contributed by atoms with Gasteiger partial charge in [0.2, 0.25) is 5.95 Å². The Hall–Kier alpha value is -3.20. The first-order valence-electron chi connectivity index (χ1n) is 12.3. The molecule has 4 rings (SSSR count). The number of aliphatic hydroxyl groups excluding tert-OH is 1. The van der Waals surface area contributed by atoms with E-state index in [0.29, 0.717) is 30.7 Å². The van der Waals surface area contributed by atoms with E-state index in [-0.39, 0.29) is 12.4 Å². The summed E-state index contributed by atoms with van der Waals surface area (Å²) in [5.74, 6) is 2.02. The van der Waals surface area contributed by atoms with Crippen LogP contribution in [-0.2, 0) is 4.79 Å². The first kappa shape index (κ1) is 23.9. The van der Waals surface area contributed by atoms with Crippen molar-refractivity contribution in [3.8, 4) is 5.75 Å². The number of hydrogen-bond donors (Lipinski definition) is 4. The number of imidazole rings is 1. The van der Waals surface area contributed by atoms with Crippen molar-refractivity contribution in [2.45, 2.75) is 70.3 Å². The Morgan fingerprint density at radius 2 is 1.85 bits per heavy atom. The highest BCUT2D eigenvalue weighted by Gasteiger charge is 2.17. The topological polar surface area (TPSA) is 125 Å². The molecule has 0 saturated heterocycles. The lowest BCUT2D eigenvalue weighted by molar-refractivity contribution is -0.121. The molecule has 0 aliphatic heterocycles. The third-order valence-electron chi connectivity index (χ3n) is 6.14. The highest BCUT2D eigenvalue weighted by atomic mass is 16.5. The van der Waals surface area contributed by atoms with Crippen LogP contribution in [0.5, 0.6) is 5.75 Å². The smallest absolute Gasteiger partial charge is 0.231 e. The second-order valence-electron chi connectivity index (χ2n) is 8.84. The van der Waals surface area contributed by atoms with Crippen molar-refractivity contribution >= 4 is 34.4 Å². The van der Waals surface area contributed by atoms with Gasteiger partial charge in [0.25, 0.3) is 0 Å². The van der Waals surface area contributed by atoms with Gasteiger partial charge in [-0.2, -0.15) is 9.97 Å². The normalized spacial score (nSPS) is 14.3. The highest BCUT2D eigenvalue weighted by Crippen LogP contribution is 2.26. The predicted octanol–water partition coefficient (Wildman–Crippen LogP) is 4.73. The average molecular weight is 467 g/mol. The molecule has 2 heterocycles. The van der Waals surface area contributed by atoms with E-state index in [1.54, 1.807) is 6.33 Å². The monoisotopic (exact) mass is 466 g/mol. The molecule has 4 N–H and O–H groups in total. The predicted molar refractivity (Wildman–Crippen MR) is 133 cm³/mol. The number of benzene rings is 1. The van der Waals surface area contributed by atoms with Gasteiger partial charge < -0.3 is 25.5 Å². The summed E-state index contributed by atoms with van der Waals surface area (Å²) in [7, 11) is 0. The Bertz CT molecular complexity index is 1050. The third kappa shape index (κ3) is 6.90. The van der Waals surface area contributed by atoms with Crippen molar-refractivity contribution in [1.29, 1.82) is 0 Å². The molecule has 182 valence electrons. The van der Waals surface area contributed by atoms with Crippen LogP contribution in [0.25, 0.3) is 11.2 Å². The fourth-order valence-corrected chi connectivity index (χ4v) is 4.24. The van der Waals surface area contributed by atoms with E-state index in [9.17, 15) is 4.79 Å². The fourth-order valence-electron chi connectivity index (χ4n) is 4.24. The van der Waals surface area contributed by atoms with Crippen LogP contribution in [0.3, 0.4) is 0 Å². The molecular formula is C25H34N6O3. The maximum absolute atomic E-state index is 11.1. The van der Waals surface area contributed by atoms with Crippen LogP contribution < -0.4 is 15.4 Å². The molecule has 1 saturated carbocycles. The lowest BCUT2D eigenvalue weighted by Crippen LogP contribution is -2.23. The maximum Gasteiger partial charge on any atom is 0.231 e. The number of carbonyl (C=O) groups is 1. The third-order valence-corrected chi connectivity index (χ3v) is 6.14. The quantitative estimate of drug-likeness (QED) is 0.266. The number of anilines is 3. The van der Waals surface area contributed by atoms with E-state index in [1.807, 2.05) is 24.3 Å². The molecule has 34 heavy (non-hydrogen) atoms. The number of ketones is 1. The number of H-pyrrole nitrogens is 1. The van der Waals surface area contributed by atoms with Crippen LogP contribution in [0.1, 0.15) is 64.2 Å². The first-order chi connectivity index (χ1) is 16.7. The van der Waals surface area contributed by atoms with Crippen LogP contribution in [0.4, 0.5) is 17.5 Å². The number of rotatable bonds is 13. The average Bonchev–Trinajstić information content (AvgIpc) is 3.34. The number of carbonyl (C=O) groups excluding carboxylic acids is 1. The largest absolute Gasteiger partial charge is 0.494 e. The van der Waals surface area contributed by atoms with Crippen molar-refractivity contribution in [2.75, 3.05) is 23.8 Å². The molecule has 1 aromatic carbocycles. The van der Waals surface area contributed by atoms with Crippen LogP contribution in [0, 0.1) is 0 Å². The van der Waals surface area contributed by atoms with E-state index in [0.717, 1.165) is 61.3 Å². The Balaban J connectivity index is 1.27. The number of aliphatic hydroxyl groups is 1. The Labute approximate surface area is 199 Å². The zero-order chi connectivity index (χ0) is 23.6. The number of hydrogen-bond acceptors (Lipinski definition) is 8. The molecule has 0 unspecified atom stereocenters. The second kappa shape index (κ2) is 12.3. The SMILES string of the molecule is O=C(CO)CCCCCCOc1ccc(Nc2nc(NC3CCCCC3)c3[nH]cnc3n2)cc1. The van der Waals surface area contributed by atoms with E-state index < -0.39 is 0 Å². The van der Waals surface area contributed by atoms with Crippen molar-refractivity contribution < 1.29 is 14.6 Å². The van der Waals surface area contributed by atoms with Crippen LogP contribution in [-0.4, -0.2) is 50.1 Å². The summed E-state index contributed by atoms with van der Waals surface area (Å²) in [5, 5.41) is 15.6. The number of Topliss-reactive ketones (excluding diaryl/α,β-unsaturated/α-hetero) is 1. The van der Waals surface area contributed by atoms with E-state index in [4.69, 9.17) is 14.8 Å². The van der Waals surface area contributed by atoms with E-state index in [1.165, 1.54) is 19.3 Å². The van der Waals surface area contributed by atoms with E-state index >= 15 is 0 Å². The molecule has 0 atom stereocenters. The van der Waals surface area contributed by atoms with Gasteiger partial charge >= 0.3 is 0 Å². The molecule has 3 aromatic rings. The van der Waals surface area contributed by atoms with Crippen molar-refractivity contribution in [1.82, 2.24) is 19.9 Å². The number of fused-ring (bicyclic) bond motifs is 1. The molecule has 1 aliphatic rings. The van der Waals surface area contributed by atoms with Crippen LogP contribution in [0.15, 0.2) is 30.6 Å². The van der Waals surface area contributed by atoms with Gasteiger partial charge in [0.1, 0.15) is 17.9 Å². The Morgan fingerprint density at radius 3 is 2.65 bits per heavy atom. The standard InChI is InChI=1S/C25H34N6O3/c32-16-20(33)10-6-1-2-7-15-34-21-13-11-19(12-14-21)29-25-30-23-22(26-17-27-23)24(31-25)28-18-8-4-3-5-9-18/h11-14,17-18,32H,1-10,15-16H2,(H3,26,27,28,29,30,31). The summed E-state index contributed by atoms with van der Waals surface area (Å²) in [6.45, 7) is 0.284. The van der Waals surface area contributed by atoms with E-state index in [2.05, 4.69) is 25.6 Å². The molecule has 9 heteroatoms. The van der Waals surface area contributed by atoms with Crippen LogP contribution >= 0.6 is 0 Å². The number of nitrogens with one attached hydrogen (secondary N) is 3. The minimum absolute atomic E-state index is 0.0867.